The summed E-state index contributed by atoms with van der Waals surface area (Å²) in [7, 11) is 0. The van der Waals surface area contributed by atoms with E-state index in [-0.39, 0.29) is 0 Å². The zero-order chi connectivity index (χ0) is 41.0. The number of hydrogen-bond acceptors (Lipinski definition) is 4. The summed E-state index contributed by atoms with van der Waals surface area (Å²) in [5.41, 5.74) is 14.3. The van der Waals surface area contributed by atoms with E-state index >= 15 is 0 Å². The van der Waals surface area contributed by atoms with Crippen LogP contribution in [-0.2, 0) is 0 Å². The Morgan fingerprint density at radius 3 is 1.26 bits per heavy atom. The minimum Gasteiger partial charge on any atom is -0.454 e. The lowest BCUT2D eigenvalue weighted by Gasteiger charge is -2.13. The molecule has 0 aliphatic carbocycles. The first-order valence-electron chi connectivity index (χ1n) is 20.8. The van der Waals surface area contributed by atoms with Gasteiger partial charge in [-0.15, -0.1) is 0 Å². The Balaban J connectivity index is 1.16. The molecule has 0 bridgehead atoms. The van der Waals surface area contributed by atoms with Gasteiger partial charge in [-0.25, -0.2) is 15.0 Å². The molecule has 0 unspecified atom stereocenters. The summed E-state index contributed by atoms with van der Waals surface area (Å²) in [6.07, 6.45) is 0. The number of benzene rings is 9. The molecule has 0 atom stereocenters. The fraction of sp³-hybridized carbons (Fsp3) is 0. The van der Waals surface area contributed by atoms with Crippen LogP contribution in [0.25, 0.3) is 117 Å². The predicted molar refractivity (Wildman–Crippen MR) is 254 cm³/mol. The second-order valence-corrected chi connectivity index (χ2v) is 15.6. The minimum atomic E-state index is 0.580. The first kappa shape index (κ1) is 35.5. The third kappa shape index (κ3) is 6.06. The van der Waals surface area contributed by atoms with Crippen LogP contribution < -0.4 is 0 Å². The molecule has 0 aliphatic heterocycles. The molecule has 3 aromatic heterocycles. The second-order valence-electron chi connectivity index (χ2n) is 15.6. The molecule has 0 amide bonds. The van der Waals surface area contributed by atoms with Crippen LogP contribution in [0.15, 0.2) is 223 Å². The van der Waals surface area contributed by atoms with E-state index in [4.69, 9.17) is 19.4 Å². The molecule has 0 aliphatic rings. The maximum Gasteiger partial charge on any atom is 0.164 e. The van der Waals surface area contributed by atoms with Crippen LogP contribution in [0, 0.1) is 0 Å². The smallest absolute Gasteiger partial charge is 0.164 e. The van der Waals surface area contributed by atoms with Crippen LogP contribution in [0.3, 0.4) is 0 Å². The Morgan fingerprint density at radius 2 is 0.758 bits per heavy atom. The van der Waals surface area contributed by atoms with Gasteiger partial charge in [0.2, 0.25) is 0 Å². The summed E-state index contributed by atoms with van der Waals surface area (Å²) in [4.78, 5) is 15.3. The van der Waals surface area contributed by atoms with Gasteiger partial charge in [-0.1, -0.05) is 176 Å². The topological polar surface area (TPSA) is 56.7 Å². The van der Waals surface area contributed by atoms with Crippen molar-refractivity contribution in [3.05, 3.63) is 218 Å². The number of hydrogen-bond donors (Lipinski definition) is 0. The fourth-order valence-corrected chi connectivity index (χ4v) is 8.89. The molecule has 12 rings (SSSR count). The van der Waals surface area contributed by atoms with Crippen molar-refractivity contribution in [1.29, 1.82) is 0 Å². The Hall–Kier alpha value is -8.41. The molecule has 0 saturated heterocycles. The van der Waals surface area contributed by atoms with Crippen molar-refractivity contribution >= 4 is 43.7 Å². The number of nitrogens with zero attached hydrogens (tertiary/aromatic N) is 4. The molecule has 0 N–H and O–H groups in total. The van der Waals surface area contributed by atoms with Crippen LogP contribution in [0.4, 0.5) is 0 Å². The number of aromatic nitrogens is 4. The average molecular weight is 793 g/mol. The SMILES string of the molecule is c1ccc(-c2cc(-n3c4ccc(-c5ccccc5)cc4c4cc(-c5ccccc5)ccc43)c3oc4cccc(-c5nc(-c6ccccc6)nc(-c6ccccc6)n5)c4c3c2)cc1. The molecule has 3 heterocycles. The van der Waals surface area contributed by atoms with Gasteiger partial charge in [0.25, 0.3) is 0 Å². The van der Waals surface area contributed by atoms with E-state index in [1.165, 1.54) is 33.0 Å². The van der Waals surface area contributed by atoms with E-state index in [1.807, 2.05) is 72.8 Å². The summed E-state index contributed by atoms with van der Waals surface area (Å²) >= 11 is 0. The molecule has 5 nitrogen and oxygen atoms in total. The largest absolute Gasteiger partial charge is 0.454 e. The van der Waals surface area contributed by atoms with Crippen molar-refractivity contribution in [2.45, 2.75) is 0 Å². The molecule has 0 radical (unpaired) electrons. The summed E-state index contributed by atoms with van der Waals surface area (Å²) in [6.45, 7) is 0. The summed E-state index contributed by atoms with van der Waals surface area (Å²) in [5.74, 6) is 1.80. The lowest BCUT2D eigenvalue weighted by atomic mass is 9.99. The van der Waals surface area contributed by atoms with Gasteiger partial charge >= 0.3 is 0 Å². The Labute approximate surface area is 357 Å². The van der Waals surface area contributed by atoms with E-state index in [9.17, 15) is 0 Å². The molecule has 0 spiro atoms. The highest BCUT2D eigenvalue weighted by atomic mass is 16.3. The van der Waals surface area contributed by atoms with Crippen LogP contribution in [0.1, 0.15) is 0 Å². The Morgan fingerprint density at radius 1 is 0.323 bits per heavy atom. The molecular formula is C57H36N4O. The quantitative estimate of drug-likeness (QED) is 0.161. The van der Waals surface area contributed by atoms with Crippen LogP contribution in [0.5, 0.6) is 0 Å². The highest BCUT2D eigenvalue weighted by molar-refractivity contribution is 6.17. The van der Waals surface area contributed by atoms with E-state index in [0.29, 0.717) is 17.5 Å². The fourth-order valence-electron chi connectivity index (χ4n) is 8.89. The van der Waals surface area contributed by atoms with Crippen molar-refractivity contribution in [1.82, 2.24) is 19.5 Å². The Kier molecular flexibility index (Phi) is 8.42. The van der Waals surface area contributed by atoms with Crippen molar-refractivity contribution in [3.63, 3.8) is 0 Å². The van der Waals surface area contributed by atoms with E-state index < -0.39 is 0 Å². The first-order chi connectivity index (χ1) is 30.7. The van der Waals surface area contributed by atoms with Crippen molar-refractivity contribution < 1.29 is 4.42 Å². The van der Waals surface area contributed by atoms with Crippen LogP contribution >= 0.6 is 0 Å². The van der Waals surface area contributed by atoms with Crippen LogP contribution in [0.2, 0.25) is 0 Å². The molecular weight excluding hydrogens is 757 g/mol. The third-order valence-corrected chi connectivity index (χ3v) is 11.8. The number of furan rings is 1. The second kappa shape index (κ2) is 14.7. The summed E-state index contributed by atoms with van der Waals surface area (Å²) < 4.78 is 9.47. The maximum absolute atomic E-state index is 7.08. The van der Waals surface area contributed by atoms with Gasteiger partial charge in [0, 0.05) is 38.2 Å². The lowest BCUT2D eigenvalue weighted by Crippen LogP contribution is -2.00. The molecule has 0 saturated carbocycles. The Bertz CT molecular complexity index is 3450. The van der Waals surface area contributed by atoms with E-state index in [1.54, 1.807) is 0 Å². The van der Waals surface area contributed by atoms with Gasteiger partial charge in [-0.2, -0.15) is 0 Å². The maximum atomic E-state index is 7.08. The molecule has 0 fully saturated rings. The van der Waals surface area contributed by atoms with Gasteiger partial charge in [-0.3, -0.25) is 0 Å². The van der Waals surface area contributed by atoms with Gasteiger partial charge in [-0.05, 0) is 75.8 Å². The van der Waals surface area contributed by atoms with E-state index in [2.05, 4.69) is 150 Å². The normalized spacial score (nSPS) is 11.5. The molecule has 5 heteroatoms. The molecule has 9 aromatic carbocycles. The number of rotatable bonds is 7. The van der Waals surface area contributed by atoms with Gasteiger partial charge < -0.3 is 8.98 Å². The lowest BCUT2D eigenvalue weighted by molar-refractivity contribution is 0.666. The van der Waals surface area contributed by atoms with E-state index in [0.717, 1.165) is 66.5 Å². The zero-order valence-corrected chi connectivity index (χ0v) is 33.5. The standard InChI is InChI=1S/C57H36N4O/c1-6-17-37(18-7-1)42-29-31-49-46(33-42)47-34-43(38-19-8-2-9-20-38)30-32-50(47)61(49)51-36-44(39-21-10-3-11-22-39)35-48-53-45(27-16-28-52(53)62-54(48)51)57-59-55(40-23-12-4-13-24-40)58-56(60-57)41-25-14-5-15-26-41/h1-36H. The average Bonchev–Trinajstić information content (AvgIpc) is 3.90. The molecule has 62 heavy (non-hydrogen) atoms. The van der Waals surface area contributed by atoms with Crippen LogP contribution in [-0.4, -0.2) is 19.5 Å². The predicted octanol–water partition coefficient (Wildman–Crippen LogP) is 14.9. The highest BCUT2D eigenvalue weighted by Gasteiger charge is 2.23. The summed E-state index contributed by atoms with van der Waals surface area (Å²) in [5, 5.41) is 4.26. The highest BCUT2D eigenvalue weighted by Crippen LogP contribution is 2.44. The van der Waals surface area contributed by atoms with Crippen molar-refractivity contribution in [2.24, 2.45) is 0 Å². The van der Waals surface area contributed by atoms with Crippen molar-refractivity contribution in [2.75, 3.05) is 0 Å². The zero-order valence-electron chi connectivity index (χ0n) is 33.5. The summed E-state index contributed by atoms with van der Waals surface area (Å²) in [6, 6.07) is 76.4. The first-order valence-corrected chi connectivity index (χ1v) is 20.8. The third-order valence-electron chi connectivity index (χ3n) is 11.8. The van der Waals surface area contributed by atoms with Gasteiger partial charge in [0.1, 0.15) is 5.58 Å². The molecule has 290 valence electrons. The van der Waals surface area contributed by atoms with Gasteiger partial charge in [0.15, 0.2) is 23.1 Å². The molecule has 12 aromatic rings. The van der Waals surface area contributed by atoms with Crippen molar-refractivity contribution in [3.8, 4) is 73.2 Å². The van der Waals surface area contributed by atoms with Gasteiger partial charge in [0.05, 0.1) is 16.7 Å². The number of fused-ring (bicyclic) bond motifs is 6. The minimum absolute atomic E-state index is 0.580. The monoisotopic (exact) mass is 792 g/mol.